The van der Waals surface area contributed by atoms with E-state index in [0.717, 1.165) is 18.5 Å². The van der Waals surface area contributed by atoms with E-state index in [0.29, 0.717) is 24.6 Å². The molecule has 0 atom stereocenters. The Morgan fingerprint density at radius 1 is 1.32 bits per heavy atom. The molecule has 1 aliphatic rings. The van der Waals surface area contributed by atoms with Crippen molar-refractivity contribution in [1.29, 1.82) is 0 Å². The smallest absolute Gasteiger partial charge is 0.269 e. The van der Waals surface area contributed by atoms with E-state index in [4.69, 9.17) is 0 Å². The van der Waals surface area contributed by atoms with Crippen LogP contribution in [0.15, 0.2) is 41.5 Å². The summed E-state index contributed by atoms with van der Waals surface area (Å²) in [6.45, 7) is 0.666. The molecule has 0 radical (unpaired) electrons. The summed E-state index contributed by atoms with van der Waals surface area (Å²) in [6.07, 6.45) is 3.84. The van der Waals surface area contributed by atoms with Gasteiger partial charge in [0.05, 0.1) is 23.4 Å². The van der Waals surface area contributed by atoms with Gasteiger partial charge in [-0.1, -0.05) is 12.1 Å². The number of hydrogen-bond acceptors (Lipinski definition) is 5. The molecule has 2 aromatic rings. The molecule has 1 aromatic carbocycles. The minimum atomic E-state index is -0.482. The van der Waals surface area contributed by atoms with E-state index in [9.17, 15) is 19.7 Å². The second-order valence-electron chi connectivity index (χ2n) is 6.07. The van der Waals surface area contributed by atoms with Crippen molar-refractivity contribution in [2.45, 2.75) is 31.7 Å². The van der Waals surface area contributed by atoms with Crippen LogP contribution >= 0.6 is 0 Å². The highest BCUT2D eigenvalue weighted by molar-refractivity contribution is 5.78. The summed E-state index contributed by atoms with van der Waals surface area (Å²) < 4.78 is 1.47. The highest BCUT2D eigenvalue weighted by Gasteiger charge is 2.25. The topological polar surface area (TPSA) is 107 Å². The maximum Gasteiger partial charge on any atom is 0.269 e. The Morgan fingerprint density at radius 2 is 2.04 bits per heavy atom. The van der Waals surface area contributed by atoms with Gasteiger partial charge < -0.3 is 5.32 Å². The van der Waals surface area contributed by atoms with E-state index in [-0.39, 0.29) is 23.6 Å². The van der Waals surface area contributed by atoms with Crippen molar-refractivity contribution in [1.82, 2.24) is 14.9 Å². The molecule has 0 spiro atoms. The first kappa shape index (κ1) is 16.8. The first-order valence-electron chi connectivity index (χ1n) is 8.09. The summed E-state index contributed by atoms with van der Waals surface area (Å²) in [7, 11) is 0. The molecule has 1 N–H and O–H groups in total. The molecule has 1 fully saturated rings. The number of nitrogens with one attached hydrogen (secondary N) is 1. The molecule has 0 aliphatic heterocycles. The van der Waals surface area contributed by atoms with Gasteiger partial charge in [-0.2, -0.15) is 0 Å². The molecule has 130 valence electrons. The Morgan fingerprint density at radius 3 is 2.64 bits per heavy atom. The average Bonchev–Trinajstić information content (AvgIpc) is 3.42. The van der Waals surface area contributed by atoms with Gasteiger partial charge >= 0.3 is 0 Å². The lowest BCUT2D eigenvalue weighted by atomic mass is 10.1. The van der Waals surface area contributed by atoms with Crippen LogP contribution in [0.1, 0.15) is 30.0 Å². The maximum atomic E-state index is 12.0. The van der Waals surface area contributed by atoms with Gasteiger partial charge in [-0.05, 0) is 18.4 Å². The van der Waals surface area contributed by atoms with Crippen molar-refractivity contribution < 1.29 is 9.72 Å². The third-order valence-electron chi connectivity index (χ3n) is 4.08. The average molecular weight is 342 g/mol. The SMILES string of the molecule is O=C(Cc1ccc([N+](=O)[O-])cc1)NCCn1cnc(C2CC2)cc1=O. The van der Waals surface area contributed by atoms with Crippen LogP contribution in [0.5, 0.6) is 0 Å². The number of nitrogens with zero attached hydrogens (tertiary/aromatic N) is 3. The van der Waals surface area contributed by atoms with Crippen LogP contribution < -0.4 is 10.9 Å². The number of hydrogen-bond donors (Lipinski definition) is 1. The Hall–Kier alpha value is -3.03. The van der Waals surface area contributed by atoms with Crippen LogP contribution in [0.4, 0.5) is 5.69 Å². The fourth-order valence-electron chi connectivity index (χ4n) is 2.51. The lowest BCUT2D eigenvalue weighted by molar-refractivity contribution is -0.384. The zero-order valence-electron chi connectivity index (χ0n) is 13.6. The number of rotatable bonds is 7. The van der Waals surface area contributed by atoms with Gasteiger partial charge in [-0.15, -0.1) is 0 Å². The number of aromatic nitrogens is 2. The monoisotopic (exact) mass is 342 g/mol. The summed E-state index contributed by atoms with van der Waals surface area (Å²) in [4.78, 5) is 38.3. The van der Waals surface area contributed by atoms with E-state index < -0.39 is 4.92 Å². The quantitative estimate of drug-likeness (QED) is 0.604. The van der Waals surface area contributed by atoms with Gasteiger partial charge in [-0.25, -0.2) is 4.98 Å². The fraction of sp³-hybridized carbons (Fsp3) is 0.353. The zero-order chi connectivity index (χ0) is 17.8. The van der Waals surface area contributed by atoms with Crippen molar-refractivity contribution >= 4 is 11.6 Å². The predicted molar refractivity (Wildman–Crippen MR) is 90.3 cm³/mol. The van der Waals surface area contributed by atoms with Gasteiger partial charge in [0.1, 0.15) is 0 Å². The largest absolute Gasteiger partial charge is 0.354 e. The van der Waals surface area contributed by atoms with Gasteiger partial charge in [-0.3, -0.25) is 24.3 Å². The molecular weight excluding hydrogens is 324 g/mol. The Bertz CT molecular complexity index is 840. The van der Waals surface area contributed by atoms with Crippen molar-refractivity contribution in [3.8, 4) is 0 Å². The highest BCUT2D eigenvalue weighted by atomic mass is 16.6. The summed E-state index contributed by atoms with van der Waals surface area (Å²) in [5, 5.41) is 13.3. The van der Waals surface area contributed by atoms with E-state index in [2.05, 4.69) is 10.3 Å². The van der Waals surface area contributed by atoms with E-state index >= 15 is 0 Å². The molecule has 0 saturated heterocycles. The minimum Gasteiger partial charge on any atom is -0.354 e. The second kappa shape index (κ2) is 7.25. The number of benzene rings is 1. The fourth-order valence-corrected chi connectivity index (χ4v) is 2.51. The third-order valence-corrected chi connectivity index (χ3v) is 4.08. The summed E-state index contributed by atoms with van der Waals surface area (Å²) in [5.41, 5.74) is 1.42. The van der Waals surface area contributed by atoms with Gasteiger partial charge in [0.2, 0.25) is 5.91 Å². The number of carbonyl (C=O) groups is 1. The minimum absolute atomic E-state index is 0.00863. The number of carbonyl (C=O) groups excluding carboxylic acids is 1. The van der Waals surface area contributed by atoms with Crippen molar-refractivity contribution in [2.75, 3.05) is 6.54 Å². The molecule has 1 heterocycles. The van der Waals surface area contributed by atoms with Crippen molar-refractivity contribution in [2.24, 2.45) is 0 Å². The Labute approximate surface area is 143 Å². The van der Waals surface area contributed by atoms with Gasteiger partial charge in [0, 0.05) is 37.2 Å². The number of nitro groups is 1. The number of amides is 1. The second-order valence-corrected chi connectivity index (χ2v) is 6.07. The van der Waals surface area contributed by atoms with Crippen LogP contribution in [0.2, 0.25) is 0 Å². The molecule has 8 heteroatoms. The number of nitro benzene ring substituents is 1. The van der Waals surface area contributed by atoms with Crippen molar-refractivity contribution in [3.05, 3.63) is 68.4 Å². The summed E-state index contributed by atoms with van der Waals surface area (Å²) >= 11 is 0. The molecule has 1 aliphatic carbocycles. The third kappa shape index (κ3) is 4.50. The standard InChI is InChI=1S/C17H18N4O4/c22-16(9-12-1-5-14(6-2-12)21(24)25)18-7-8-20-11-19-15(10-17(20)23)13-3-4-13/h1-2,5-6,10-11,13H,3-4,7-9H2,(H,18,22). The lowest BCUT2D eigenvalue weighted by Crippen LogP contribution is -2.31. The van der Waals surface area contributed by atoms with Gasteiger partial charge in [0.25, 0.3) is 11.2 Å². The molecule has 0 unspecified atom stereocenters. The molecule has 25 heavy (non-hydrogen) atoms. The normalized spacial score (nSPS) is 13.4. The van der Waals surface area contributed by atoms with E-state index in [1.54, 1.807) is 18.2 Å². The van der Waals surface area contributed by atoms with Crippen LogP contribution in [-0.4, -0.2) is 26.9 Å². The first-order chi connectivity index (χ1) is 12.0. The van der Waals surface area contributed by atoms with Crippen LogP contribution in [-0.2, 0) is 17.8 Å². The zero-order valence-corrected chi connectivity index (χ0v) is 13.6. The lowest BCUT2D eigenvalue weighted by Gasteiger charge is -2.08. The molecule has 1 saturated carbocycles. The Balaban J connectivity index is 1.47. The first-order valence-corrected chi connectivity index (χ1v) is 8.09. The van der Waals surface area contributed by atoms with Crippen LogP contribution in [0.25, 0.3) is 0 Å². The molecule has 1 aromatic heterocycles. The van der Waals surface area contributed by atoms with Crippen molar-refractivity contribution in [3.63, 3.8) is 0 Å². The molecule has 8 nitrogen and oxygen atoms in total. The summed E-state index contributed by atoms with van der Waals surface area (Å²) in [6, 6.07) is 7.42. The summed E-state index contributed by atoms with van der Waals surface area (Å²) in [5.74, 6) is 0.230. The molecule has 3 rings (SSSR count). The highest BCUT2D eigenvalue weighted by Crippen LogP contribution is 2.38. The Kier molecular flexibility index (Phi) is 4.87. The van der Waals surface area contributed by atoms with E-state index in [1.807, 2.05) is 0 Å². The van der Waals surface area contributed by atoms with Crippen LogP contribution in [0, 0.1) is 10.1 Å². The van der Waals surface area contributed by atoms with E-state index in [1.165, 1.54) is 23.0 Å². The molecule has 0 bridgehead atoms. The molecular formula is C17H18N4O4. The van der Waals surface area contributed by atoms with Crippen LogP contribution in [0.3, 0.4) is 0 Å². The molecule has 1 amide bonds. The predicted octanol–water partition coefficient (Wildman–Crippen LogP) is 1.39. The van der Waals surface area contributed by atoms with Gasteiger partial charge in [0.15, 0.2) is 0 Å². The number of non-ortho nitro benzene ring substituents is 1. The maximum absolute atomic E-state index is 12.0.